The van der Waals surface area contributed by atoms with Gasteiger partial charge in [-0.1, -0.05) is 110 Å². The smallest absolute Gasteiger partial charge is 0.331 e. The van der Waals surface area contributed by atoms with Crippen LogP contribution in [0.25, 0.3) is 0 Å². The molecule has 0 saturated heterocycles. The lowest BCUT2D eigenvalue weighted by atomic mass is 9.86. The minimum atomic E-state index is -1.67. The maximum atomic E-state index is 12.1. The first-order valence-electron chi connectivity index (χ1n) is 11.5. The number of nitrogens with two attached hydrogens (primary N) is 1. The van der Waals surface area contributed by atoms with E-state index in [-0.39, 0.29) is 18.6 Å². The Labute approximate surface area is 167 Å². The van der Waals surface area contributed by atoms with Gasteiger partial charge in [-0.05, 0) is 12.8 Å². The van der Waals surface area contributed by atoms with Crippen LogP contribution in [-0.4, -0.2) is 22.4 Å². The molecule has 0 heterocycles. The molecule has 0 aromatic carbocycles. The molecule has 0 fully saturated rings. The number of carbonyl (C=O) groups is 2. The summed E-state index contributed by atoms with van der Waals surface area (Å²) in [5.41, 5.74) is 4.25. The molecule has 0 radical (unpaired) electrons. The van der Waals surface area contributed by atoms with Gasteiger partial charge in [0, 0.05) is 6.42 Å². The minimum absolute atomic E-state index is 0.267. The van der Waals surface area contributed by atoms with Crippen molar-refractivity contribution in [2.45, 2.75) is 135 Å². The van der Waals surface area contributed by atoms with Crippen molar-refractivity contribution in [3.05, 3.63) is 0 Å². The summed E-state index contributed by atoms with van der Waals surface area (Å²) in [6.45, 7) is 4.24. The van der Waals surface area contributed by atoms with E-state index in [1.807, 2.05) is 6.92 Å². The van der Waals surface area contributed by atoms with E-state index in [0.29, 0.717) is 6.42 Å². The van der Waals surface area contributed by atoms with Gasteiger partial charge in [-0.2, -0.15) is 0 Å². The number of ketones is 1. The molecule has 0 aromatic rings. The van der Waals surface area contributed by atoms with Crippen LogP contribution in [0.2, 0.25) is 0 Å². The van der Waals surface area contributed by atoms with Crippen molar-refractivity contribution in [2.75, 3.05) is 0 Å². The number of carboxylic acids is 1. The SMILES string of the molecule is CCCCCCCCCCCCCCCCC(N)(C(=O)O)C(=O)CCCC. The molecule has 0 aliphatic rings. The van der Waals surface area contributed by atoms with Crippen LogP contribution in [0.4, 0.5) is 0 Å². The van der Waals surface area contributed by atoms with E-state index in [1.54, 1.807) is 0 Å². The summed E-state index contributed by atoms with van der Waals surface area (Å²) in [6.07, 6.45) is 19.6. The molecule has 1 atom stereocenters. The molecule has 0 spiro atoms. The molecule has 3 N–H and O–H groups in total. The predicted octanol–water partition coefficient (Wildman–Crippen LogP) is 6.40. The molecule has 4 nitrogen and oxygen atoms in total. The van der Waals surface area contributed by atoms with E-state index in [1.165, 1.54) is 70.6 Å². The molecule has 0 saturated carbocycles. The van der Waals surface area contributed by atoms with Crippen molar-refractivity contribution in [1.29, 1.82) is 0 Å². The quantitative estimate of drug-likeness (QED) is 0.188. The summed E-state index contributed by atoms with van der Waals surface area (Å²) in [5.74, 6) is -1.48. The lowest BCUT2D eigenvalue weighted by molar-refractivity contribution is -0.148. The number of hydrogen-bond donors (Lipinski definition) is 2. The molecule has 1 unspecified atom stereocenters. The van der Waals surface area contributed by atoms with Crippen molar-refractivity contribution < 1.29 is 14.7 Å². The van der Waals surface area contributed by atoms with Crippen LogP contribution in [0, 0.1) is 0 Å². The summed E-state index contributed by atoms with van der Waals surface area (Å²) >= 11 is 0. The van der Waals surface area contributed by atoms with Crippen LogP contribution in [-0.2, 0) is 9.59 Å². The van der Waals surface area contributed by atoms with Gasteiger partial charge in [0.1, 0.15) is 0 Å². The maximum Gasteiger partial charge on any atom is 0.331 e. The zero-order valence-electron chi connectivity index (χ0n) is 18.1. The first-order chi connectivity index (χ1) is 13.0. The minimum Gasteiger partial charge on any atom is -0.480 e. The molecule has 27 heavy (non-hydrogen) atoms. The van der Waals surface area contributed by atoms with Gasteiger partial charge in [-0.25, -0.2) is 4.79 Å². The van der Waals surface area contributed by atoms with Gasteiger partial charge in [0.05, 0.1) is 0 Å². The Morgan fingerprint density at radius 1 is 0.667 bits per heavy atom. The third-order valence-corrected chi connectivity index (χ3v) is 5.56. The predicted molar refractivity (Wildman–Crippen MR) is 114 cm³/mol. The van der Waals surface area contributed by atoms with E-state index >= 15 is 0 Å². The second kappa shape index (κ2) is 17.2. The van der Waals surface area contributed by atoms with Gasteiger partial charge in [-0.15, -0.1) is 0 Å². The average Bonchev–Trinajstić information content (AvgIpc) is 2.65. The Kier molecular flexibility index (Phi) is 16.6. The third-order valence-electron chi connectivity index (χ3n) is 5.56. The Hall–Kier alpha value is -0.900. The van der Waals surface area contributed by atoms with Crippen LogP contribution in [0.5, 0.6) is 0 Å². The van der Waals surface area contributed by atoms with E-state index in [4.69, 9.17) is 5.73 Å². The van der Waals surface area contributed by atoms with Crippen LogP contribution in [0.1, 0.15) is 129 Å². The summed E-state index contributed by atoms with van der Waals surface area (Å²) in [7, 11) is 0. The molecule has 0 amide bonds. The molecular weight excluding hydrogens is 338 g/mol. The summed E-state index contributed by atoms with van der Waals surface area (Å²) in [4.78, 5) is 23.6. The van der Waals surface area contributed by atoms with Gasteiger partial charge in [-0.3, -0.25) is 4.79 Å². The van der Waals surface area contributed by atoms with Gasteiger partial charge in [0.25, 0.3) is 0 Å². The maximum absolute atomic E-state index is 12.1. The number of aliphatic carboxylic acids is 1. The van der Waals surface area contributed by atoms with Crippen molar-refractivity contribution in [1.82, 2.24) is 0 Å². The van der Waals surface area contributed by atoms with Crippen LogP contribution in [0.15, 0.2) is 0 Å². The molecule has 160 valence electrons. The monoisotopic (exact) mass is 383 g/mol. The van der Waals surface area contributed by atoms with Gasteiger partial charge >= 0.3 is 5.97 Å². The summed E-state index contributed by atoms with van der Waals surface area (Å²) in [5, 5.41) is 9.36. The zero-order valence-corrected chi connectivity index (χ0v) is 18.1. The van der Waals surface area contributed by atoms with Crippen molar-refractivity contribution >= 4 is 11.8 Å². The van der Waals surface area contributed by atoms with Crippen molar-refractivity contribution in [2.24, 2.45) is 5.73 Å². The molecule has 0 aliphatic heterocycles. The van der Waals surface area contributed by atoms with Gasteiger partial charge in [0.2, 0.25) is 0 Å². The van der Waals surface area contributed by atoms with Gasteiger partial charge in [0.15, 0.2) is 11.3 Å². The Morgan fingerprint density at radius 2 is 1.04 bits per heavy atom. The fourth-order valence-electron chi connectivity index (χ4n) is 3.52. The van der Waals surface area contributed by atoms with E-state index in [2.05, 4.69) is 6.92 Å². The number of unbranched alkanes of at least 4 members (excludes halogenated alkanes) is 14. The number of carbonyl (C=O) groups excluding carboxylic acids is 1. The summed E-state index contributed by atoms with van der Waals surface area (Å²) in [6, 6.07) is 0. The van der Waals surface area contributed by atoms with E-state index in [0.717, 1.165) is 25.7 Å². The highest BCUT2D eigenvalue weighted by atomic mass is 16.4. The van der Waals surface area contributed by atoms with E-state index < -0.39 is 11.5 Å². The second-order valence-corrected chi connectivity index (χ2v) is 8.15. The number of carboxylic acid groups (broad SMARTS) is 1. The van der Waals surface area contributed by atoms with Crippen LogP contribution < -0.4 is 5.73 Å². The van der Waals surface area contributed by atoms with Crippen LogP contribution >= 0.6 is 0 Å². The zero-order chi connectivity index (χ0) is 20.4. The molecule has 0 rings (SSSR count). The summed E-state index contributed by atoms with van der Waals surface area (Å²) < 4.78 is 0. The van der Waals surface area contributed by atoms with Gasteiger partial charge < -0.3 is 10.8 Å². The lowest BCUT2D eigenvalue weighted by Gasteiger charge is -2.23. The normalized spacial score (nSPS) is 13.4. The Morgan fingerprint density at radius 3 is 1.41 bits per heavy atom. The highest BCUT2D eigenvalue weighted by Gasteiger charge is 2.40. The largest absolute Gasteiger partial charge is 0.480 e. The van der Waals surface area contributed by atoms with E-state index in [9.17, 15) is 14.7 Å². The highest BCUT2D eigenvalue weighted by Crippen LogP contribution is 2.19. The molecule has 0 bridgehead atoms. The average molecular weight is 384 g/mol. The molecular formula is C23H45NO3. The molecule has 0 aliphatic carbocycles. The fourth-order valence-corrected chi connectivity index (χ4v) is 3.52. The fraction of sp³-hybridized carbons (Fsp3) is 0.913. The van der Waals surface area contributed by atoms with Crippen molar-refractivity contribution in [3.8, 4) is 0 Å². The molecule has 4 heteroatoms. The first-order valence-corrected chi connectivity index (χ1v) is 11.5. The number of rotatable bonds is 20. The topological polar surface area (TPSA) is 80.4 Å². The highest BCUT2D eigenvalue weighted by molar-refractivity contribution is 6.07. The Balaban J connectivity index is 3.63. The van der Waals surface area contributed by atoms with Crippen LogP contribution in [0.3, 0.4) is 0 Å². The second-order valence-electron chi connectivity index (χ2n) is 8.15. The van der Waals surface area contributed by atoms with Crippen molar-refractivity contribution in [3.63, 3.8) is 0 Å². The lowest BCUT2D eigenvalue weighted by Crippen LogP contribution is -2.54. The number of Topliss-reactive ketones (excluding diaryl/α,β-unsaturated/α-hetero) is 1. The third kappa shape index (κ3) is 13.0. The first kappa shape index (κ1) is 26.1. The molecule has 0 aromatic heterocycles. The Bertz CT molecular complexity index is 384. The number of hydrogen-bond acceptors (Lipinski definition) is 3. The standard InChI is InChI=1S/C23H45NO3/c1-3-5-7-8-9-10-11-12-13-14-15-16-17-18-20-23(24,22(26)27)21(25)19-6-4-2/h3-20,24H2,1-2H3,(H,26,27).